The zero-order chi connectivity index (χ0) is 29.5. The van der Waals surface area contributed by atoms with Gasteiger partial charge in [-0.15, -0.1) is 0 Å². The van der Waals surface area contributed by atoms with Crippen molar-refractivity contribution in [3.63, 3.8) is 0 Å². The molecule has 0 radical (unpaired) electrons. The second kappa shape index (κ2) is 17.3. The molecule has 1 aliphatic rings. The van der Waals surface area contributed by atoms with Gasteiger partial charge in [-0.1, -0.05) is 42.7 Å². The average molecular weight is 583 g/mol. The van der Waals surface area contributed by atoms with E-state index in [0.29, 0.717) is 61.6 Å². The molecule has 9 N–H and O–H groups in total. The van der Waals surface area contributed by atoms with E-state index in [2.05, 4.69) is 49.6 Å². The van der Waals surface area contributed by atoms with Gasteiger partial charge >= 0.3 is 0 Å². The molecule has 1 aromatic heterocycles. The van der Waals surface area contributed by atoms with E-state index in [9.17, 15) is 9.59 Å². The number of amides is 2. The molecule has 0 bridgehead atoms. The number of benzene rings is 1. The molecule has 0 aliphatic carbocycles. The van der Waals surface area contributed by atoms with Gasteiger partial charge in [0.1, 0.15) is 5.69 Å². The molecular formula is C28H42N10O2S. The Balaban J connectivity index is 1.50. The Morgan fingerprint density at radius 3 is 2.66 bits per heavy atom. The van der Waals surface area contributed by atoms with Crippen molar-refractivity contribution in [1.82, 2.24) is 25.5 Å². The molecule has 41 heavy (non-hydrogen) atoms. The third kappa shape index (κ3) is 10.4. The number of nitrogens with one attached hydrogen (secondary N) is 3. The zero-order valence-corrected chi connectivity index (χ0v) is 24.5. The van der Waals surface area contributed by atoms with E-state index in [-0.39, 0.29) is 11.8 Å². The molecule has 13 heteroatoms. The van der Waals surface area contributed by atoms with Crippen LogP contribution in [-0.4, -0.2) is 78.8 Å². The van der Waals surface area contributed by atoms with Gasteiger partial charge in [0.25, 0.3) is 0 Å². The van der Waals surface area contributed by atoms with E-state index in [1.165, 1.54) is 5.01 Å². The zero-order valence-electron chi connectivity index (χ0n) is 23.7. The Morgan fingerprint density at radius 2 is 1.98 bits per heavy atom. The standard InChI is InChI=1S/C28H42N10O2S/c1-2-18-41-28-35-25(33-13-11-29)24(30)26(36-28)38(31)19-22-7-5-21(6-8-22)4-3-12-34-27(40)23-9-15-37(16-10-23)17-14-32-20-39/h5-8,20,23H,2,9-19,29-31H2,1H3,(H,32,39)(H,34,40)(H,33,35,36). The number of nitrogens with two attached hydrogens (primary N) is 3. The Bertz CT molecular complexity index is 1180. The van der Waals surface area contributed by atoms with Gasteiger partial charge in [-0.05, 0) is 50.0 Å². The highest BCUT2D eigenvalue weighted by atomic mass is 32.2. The first kappa shape index (κ1) is 32.0. The highest BCUT2D eigenvalue weighted by Gasteiger charge is 2.24. The lowest BCUT2D eigenvalue weighted by Crippen LogP contribution is -2.42. The lowest BCUT2D eigenvalue weighted by Gasteiger charge is -2.30. The topological polar surface area (TPSA) is 181 Å². The molecule has 12 nitrogen and oxygen atoms in total. The summed E-state index contributed by atoms with van der Waals surface area (Å²) in [5.74, 6) is 14.5. The van der Waals surface area contributed by atoms with Gasteiger partial charge in [0.05, 0.1) is 13.1 Å². The van der Waals surface area contributed by atoms with Gasteiger partial charge in [-0.25, -0.2) is 15.8 Å². The summed E-state index contributed by atoms with van der Waals surface area (Å²) in [7, 11) is 0. The number of hydrazine groups is 1. The first-order valence-electron chi connectivity index (χ1n) is 14.0. The van der Waals surface area contributed by atoms with Crippen LogP contribution in [0.3, 0.4) is 0 Å². The maximum absolute atomic E-state index is 12.5. The third-order valence-electron chi connectivity index (χ3n) is 6.55. The van der Waals surface area contributed by atoms with Gasteiger partial charge in [0.15, 0.2) is 16.8 Å². The van der Waals surface area contributed by atoms with Crippen LogP contribution >= 0.6 is 11.8 Å². The number of aromatic nitrogens is 2. The molecular weight excluding hydrogens is 540 g/mol. The molecule has 1 saturated heterocycles. The van der Waals surface area contributed by atoms with E-state index < -0.39 is 0 Å². The van der Waals surface area contributed by atoms with Gasteiger partial charge in [-0.3, -0.25) is 14.6 Å². The van der Waals surface area contributed by atoms with Crippen LogP contribution in [0.15, 0.2) is 29.4 Å². The van der Waals surface area contributed by atoms with Crippen LogP contribution in [0, 0.1) is 17.8 Å². The fourth-order valence-corrected chi connectivity index (χ4v) is 5.02. The number of likely N-dealkylation sites (tertiary alicyclic amines) is 1. The summed E-state index contributed by atoms with van der Waals surface area (Å²) in [5.41, 5.74) is 14.2. The number of carbonyl (C=O) groups excluding carboxylic acids is 2. The lowest BCUT2D eigenvalue weighted by atomic mass is 9.96. The fraction of sp³-hybridized carbons (Fsp3) is 0.500. The fourth-order valence-electron chi connectivity index (χ4n) is 4.33. The molecule has 0 saturated carbocycles. The number of piperidine rings is 1. The van der Waals surface area contributed by atoms with Gasteiger partial charge < -0.3 is 32.3 Å². The minimum absolute atomic E-state index is 0.00309. The minimum Gasteiger partial charge on any atom is -0.393 e. The highest BCUT2D eigenvalue weighted by molar-refractivity contribution is 7.99. The highest BCUT2D eigenvalue weighted by Crippen LogP contribution is 2.30. The number of anilines is 3. The van der Waals surface area contributed by atoms with Crippen molar-refractivity contribution in [2.24, 2.45) is 17.5 Å². The number of hydrogen-bond acceptors (Lipinski definition) is 11. The van der Waals surface area contributed by atoms with Gasteiger partial charge in [-0.2, -0.15) is 0 Å². The van der Waals surface area contributed by atoms with Crippen LogP contribution < -0.4 is 38.3 Å². The Hall–Kier alpha value is -3.57. The van der Waals surface area contributed by atoms with Crippen LogP contribution in [-0.2, 0) is 16.1 Å². The summed E-state index contributed by atoms with van der Waals surface area (Å²) in [6, 6.07) is 7.76. The number of nitrogen functional groups attached to an aromatic ring is 1. The van der Waals surface area contributed by atoms with Crippen LogP contribution in [0.1, 0.15) is 37.3 Å². The summed E-state index contributed by atoms with van der Waals surface area (Å²) in [4.78, 5) is 34.3. The molecule has 0 atom stereocenters. The second-order valence-corrected chi connectivity index (χ2v) is 10.8. The number of hydrogen-bond donors (Lipinski definition) is 6. The van der Waals surface area contributed by atoms with Crippen LogP contribution in [0.2, 0.25) is 0 Å². The molecule has 1 aliphatic heterocycles. The number of rotatable bonds is 15. The molecule has 0 unspecified atom stereocenters. The van der Waals surface area contributed by atoms with Crippen molar-refractivity contribution >= 4 is 41.4 Å². The second-order valence-electron chi connectivity index (χ2n) is 9.69. The summed E-state index contributed by atoms with van der Waals surface area (Å²) in [5, 5.41) is 10.9. The van der Waals surface area contributed by atoms with Gasteiger partial charge in [0, 0.05) is 43.4 Å². The van der Waals surface area contributed by atoms with Crippen molar-refractivity contribution in [3.05, 3.63) is 35.4 Å². The molecule has 0 spiro atoms. The Kier molecular flexibility index (Phi) is 13.5. The Morgan fingerprint density at radius 1 is 1.22 bits per heavy atom. The first-order valence-corrected chi connectivity index (χ1v) is 14.9. The molecule has 2 aromatic rings. The molecule has 222 valence electrons. The van der Waals surface area contributed by atoms with Crippen molar-refractivity contribution in [3.8, 4) is 11.8 Å². The summed E-state index contributed by atoms with van der Waals surface area (Å²) >= 11 is 1.55. The normalized spacial score (nSPS) is 13.6. The van der Waals surface area contributed by atoms with Crippen LogP contribution in [0.25, 0.3) is 0 Å². The van der Waals surface area contributed by atoms with Crippen molar-refractivity contribution in [2.45, 2.75) is 37.9 Å². The number of carbonyl (C=O) groups is 2. The molecule has 1 aromatic carbocycles. The van der Waals surface area contributed by atoms with E-state index >= 15 is 0 Å². The number of nitrogens with zero attached hydrogens (tertiary/aromatic N) is 4. The quantitative estimate of drug-likeness (QED) is 0.0331. The van der Waals surface area contributed by atoms with E-state index in [4.69, 9.17) is 17.3 Å². The first-order chi connectivity index (χ1) is 19.9. The third-order valence-corrected chi connectivity index (χ3v) is 7.61. The van der Waals surface area contributed by atoms with Crippen molar-refractivity contribution < 1.29 is 9.59 Å². The monoisotopic (exact) mass is 582 g/mol. The van der Waals surface area contributed by atoms with Crippen molar-refractivity contribution in [2.75, 3.05) is 67.6 Å². The summed E-state index contributed by atoms with van der Waals surface area (Å²) in [6.45, 7) is 6.93. The van der Waals surface area contributed by atoms with Crippen molar-refractivity contribution in [1.29, 1.82) is 0 Å². The SMILES string of the molecule is CCCSc1nc(NCCN)c(N)c(N(N)Cc2ccc(C#CCNC(=O)C3CCN(CCNC=O)CC3)cc2)n1. The largest absolute Gasteiger partial charge is 0.393 e. The predicted octanol–water partition coefficient (Wildman–Crippen LogP) is 0.738. The molecule has 2 amide bonds. The summed E-state index contributed by atoms with van der Waals surface area (Å²) in [6.07, 6.45) is 3.33. The minimum atomic E-state index is 0.00309. The number of thioether (sulfide) groups is 1. The van der Waals surface area contributed by atoms with E-state index in [1.54, 1.807) is 11.8 Å². The molecule has 1 fully saturated rings. The van der Waals surface area contributed by atoms with E-state index in [1.807, 2.05) is 24.3 Å². The predicted molar refractivity (Wildman–Crippen MR) is 165 cm³/mol. The maximum atomic E-state index is 12.5. The molecule has 3 rings (SSSR count). The Labute approximate surface area is 246 Å². The van der Waals surface area contributed by atoms with Gasteiger partial charge in [0.2, 0.25) is 12.3 Å². The smallest absolute Gasteiger partial charge is 0.223 e. The van der Waals surface area contributed by atoms with Crippen LogP contribution in [0.4, 0.5) is 17.3 Å². The average Bonchev–Trinajstić information content (AvgIpc) is 2.99. The van der Waals surface area contributed by atoms with E-state index in [0.717, 1.165) is 55.8 Å². The van der Waals surface area contributed by atoms with Crippen LogP contribution in [0.5, 0.6) is 0 Å². The summed E-state index contributed by atoms with van der Waals surface area (Å²) < 4.78 is 0. The molecule has 2 heterocycles. The lowest BCUT2D eigenvalue weighted by molar-refractivity contribution is -0.126. The maximum Gasteiger partial charge on any atom is 0.223 e.